The normalized spacial score (nSPS) is 10.3. The zero-order valence-corrected chi connectivity index (χ0v) is 12.1. The molecule has 0 atom stereocenters. The number of nitrogens with one attached hydrogen (secondary N) is 2. The average molecular weight is 272 g/mol. The predicted octanol–water partition coefficient (Wildman–Crippen LogP) is 2.09. The number of nitrogens with zero attached hydrogens (tertiary/aromatic N) is 2. The Morgan fingerprint density at radius 1 is 1.35 bits per heavy atom. The molecule has 1 amide bonds. The minimum atomic E-state index is -0.0730. The van der Waals surface area contributed by atoms with E-state index in [0.717, 1.165) is 23.5 Å². The number of rotatable bonds is 5. The number of amides is 1. The van der Waals surface area contributed by atoms with E-state index in [0.29, 0.717) is 12.1 Å². The monoisotopic (exact) mass is 272 g/mol. The van der Waals surface area contributed by atoms with Gasteiger partial charge in [-0.15, -0.1) is 0 Å². The summed E-state index contributed by atoms with van der Waals surface area (Å²) in [5.74, 6) is -0.0730. The third kappa shape index (κ3) is 3.38. The smallest absolute Gasteiger partial charge is 0.251 e. The summed E-state index contributed by atoms with van der Waals surface area (Å²) in [4.78, 5) is 12.1. The van der Waals surface area contributed by atoms with E-state index in [4.69, 9.17) is 0 Å². The Morgan fingerprint density at radius 3 is 2.75 bits per heavy atom. The van der Waals surface area contributed by atoms with Crippen LogP contribution < -0.4 is 10.6 Å². The van der Waals surface area contributed by atoms with Crippen LogP contribution in [-0.2, 0) is 13.6 Å². The molecule has 0 aliphatic heterocycles. The van der Waals surface area contributed by atoms with Gasteiger partial charge in [0.2, 0.25) is 0 Å². The first-order valence-electron chi connectivity index (χ1n) is 6.71. The quantitative estimate of drug-likeness (QED) is 0.876. The first-order valence-corrected chi connectivity index (χ1v) is 6.71. The minimum Gasteiger partial charge on any atom is -0.385 e. The van der Waals surface area contributed by atoms with Crippen molar-refractivity contribution in [3.05, 3.63) is 47.3 Å². The van der Waals surface area contributed by atoms with Crippen LogP contribution in [0.2, 0.25) is 0 Å². The van der Waals surface area contributed by atoms with E-state index >= 15 is 0 Å². The van der Waals surface area contributed by atoms with E-state index in [-0.39, 0.29) is 5.91 Å². The molecule has 0 aliphatic carbocycles. The number of aromatic nitrogens is 2. The second kappa shape index (κ2) is 6.23. The summed E-state index contributed by atoms with van der Waals surface area (Å²) in [6.07, 6.45) is 1.86. The number of aryl methyl sites for hydroxylation is 2. The van der Waals surface area contributed by atoms with Crippen molar-refractivity contribution in [1.82, 2.24) is 15.1 Å². The maximum absolute atomic E-state index is 12.1. The molecule has 20 heavy (non-hydrogen) atoms. The van der Waals surface area contributed by atoms with Gasteiger partial charge in [0.1, 0.15) is 0 Å². The number of benzene rings is 1. The lowest BCUT2D eigenvalue weighted by Crippen LogP contribution is -2.24. The summed E-state index contributed by atoms with van der Waals surface area (Å²) < 4.78 is 1.72. The first kappa shape index (κ1) is 14.1. The molecule has 0 aliphatic rings. The summed E-state index contributed by atoms with van der Waals surface area (Å²) in [5, 5.41) is 10.3. The lowest BCUT2D eigenvalue weighted by molar-refractivity contribution is 0.0950. The predicted molar refractivity (Wildman–Crippen MR) is 79.7 cm³/mol. The maximum Gasteiger partial charge on any atom is 0.251 e. The first-order chi connectivity index (χ1) is 9.60. The third-order valence-electron chi connectivity index (χ3n) is 3.05. The highest BCUT2D eigenvalue weighted by atomic mass is 16.1. The third-order valence-corrected chi connectivity index (χ3v) is 3.05. The molecular formula is C15H20N4O. The molecule has 106 valence electrons. The summed E-state index contributed by atoms with van der Waals surface area (Å²) in [5.41, 5.74) is 3.54. The topological polar surface area (TPSA) is 59.0 Å². The average Bonchev–Trinajstić information content (AvgIpc) is 2.82. The highest BCUT2D eigenvalue weighted by Crippen LogP contribution is 2.15. The Kier molecular flexibility index (Phi) is 4.40. The van der Waals surface area contributed by atoms with Gasteiger partial charge < -0.3 is 10.6 Å². The summed E-state index contributed by atoms with van der Waals surface area (Å²) in [6.45, 7) is 5.29. The van der Waals surface area contributed by atoms with E-state index in [1.165, 1.54) is 0 Å². The van der Waals surface area contributed by atoms with Crippen molar-refractivity contribution in [2.45, 2.75) is 20.4 Å². The highest BCUT2D eigenvalue weighted by Gasteiger charge is 2.09. The number of carbonyl (C=O) groups is 1. The molecule has 0 radical (unpaired) electrons. The maximum atomic E-state index is 12.1. The summed E-state index contributed by atoms with van der Waals surface area (Å²) >= 11 is 0. The number of hydrogen-bond donors (Lipinski definition) is 2. The van der Waals surface area contributed by atoms with Gasteiger partial charge in [-0.3, -0.25) is 9.48 Å². The Morgan fingerprint density at radius 2 is 2.15 bits per heavy atom. The Balaban J connectivity index is 2.01. The molecule has 2 aromatic rings. The van der Waals surface area contributed by atoms with Gasteiger partial charge in [0.15, 0.2) is 0 Å². The van der Waals surface area contributed by atoms with Gasteiger partial charge in [-0.1, -0.05) is 0 Å². The summed E-state index contributed by atoms with van der Waals surface area (Å²) in [6, 6.07) is 7.65. The molecule has 0 bridgehead atoms. The van der Waals surface area contributed by atoms with Crippen molar-refractivity contribution in [1.29, 1.82) is 0 Å². The van der Waals surface area contributed by atoms with Crippen molar-refractivity contribution in [2.24, 2.45) is 7.05 Å². The van der Waals surface area contributed by atoms with Crippen LogP contribution in [0.15, 0.2) is 30.5 Å². The van der Waals surface area contributed by atoms with Gasteiger partial charge in [0, 0.05) is 31.0 Å². The van der Waals surface area contributed by atoms with Gasteiger partial charge in [0.25, 0.3) is 5.91 Å². The van der Waals surface area contributed by atoms with E-state index in [9.17, 15) is 4.79 Å². The van der Waals surface area contributed by atoms with E-state index < -0.39 is 0 Å². The Bertz CT molecular complexity index is 604. The second-order valence-corrected chi connectivity index (χ2v) is 4.72. The van der Waals surface area contributed by atoms with Crippen molar-refractivity contribution in [3.63, 3.8) is 0 Å². The summed E-state index contributed by atoms with van der Waals surface area (Å²) in [7, 11) is 1.86. The fraction of sp³-hybridized carbons (Fsp3) is 0.333. The molecule has 2 rings (SSSR count). The minimum absolute atomic E-state index is 0.0730. The van der Waals surface area contributed by atoms with Crippen molar-refractivity contribution >= 4 is 11.6 Å². The number of carbonyl (C=O) groups excluding carboxylic acids is 1. The van der Waals surface area contributed by atoms with Crippen molar-refractivity contribution in [3.8, 4) is 0 Å². The van der Waals surface area contributed by atoms with Crippen LogP contribution >= 0.6 is 0 Å². The van der Waals surface area contributed by atoms with Gasteiger partial charge in [-0.25, -0.2) is 0 Å². The number of anilines is 1. The molecule has 2 N–H and O–H groups in total. The van der Waals surface area contributed by atoms with Crippen LogP contribution in [0.1, 0.15) is 28.5 Å². The van der Waals surface area contributed by atoms with Gasteiger partial charge >= 0.3 is 0 Å². The molecule has 0 saturated carbocycles. The van der Waals surface area contributed by atoms with Crippen LogP contribution in [0.5, 0.6) is 0 Å². The van der Waals surface area contributed by atoms with Crippen molar-refractivity contribution in [2.75, 3.05) is 11.9 Å². The van der Waals surface area contributed by atoms with E-state index in [2.05, 4.69) is 15.7 Å². The molecule has 0 unspecified atom stereocenters. The second-order valence-electron chi connectivity index (χ2n) is 4.72. The van der Waals surface area contributed by atoms with Crippen LogP contribution in [-0.4, -0.2) is 22.2 Å². The Hall–Kier alpha value is -2.30. The fourth-order valence-corrected chi connectivity index (χ4v) is 2.06. The molecule has 5 heteroatoms. The zero-order valence-electron chi connectivity index (χ0n) is 12.1. The standard InChI is InChI=1S/C15H20N4O/c1-4-16-12-5-6-14(11(2)9-12)15(20)17-10-13-7-8-19(3)18-13/h5-9,16H,4,10H2,1-3H3,(H,17,20). The highest BCUT2D eigenvalue weighted by molar-refractivity contribution is 5.96. The molecule has 0 spiro atoms. The van der Waals surface area contributed by atoms with Crippen LogP contribution in [0.3, 0.4) is 0 Å². The molecular weight excluding hydrogens is 252 g/mol. The fourth-order valence-electron chi connectivity index (χ4n) is 2.06. The van der Waals surface area contributed by atoms with Crippen molar-refractivity contribution < 1.29 is 4.79 Å². The van der Waals surface area contributed by atoms with Crippen LogP contribution in [0, 0.1) is 6.92 Å². The molecule has 0 fully saturated rings. The Labute approximate surface area is 119 Å². The van der Waals surface area contributed by atoms with E-state index in [1.807, 2.05) is 51.4 Å². The largest absolute Gasteiger partial charge is 0.385 e. The van der Waals surface area contributed by atoms with Crippen LogP contribution in [0.4, 0.5) is 5.69 Å². The SMILES string of the molecule is CCNc1ccc(C(=O)NCc2ccn(C)n2)c(C)c1. The number of hydrogen-bond acceptors (Lipinski definition) is 3. The molecule has 1 heterocycles. The lowest BCUT2D eigenvalue weighted by Gasteiger charge is -2.09. The molecule has 1 aromatic carbocycles. The van der Waals surface area contributed by atoms with E-state index in [1.54, 1.807) is 4.68 Å². The van der Waals surface area contributed by atoms with Gasteiger partial charge in [-0.2, -0.15) is 5.10 Å². The van der Waals surface area contributed by atoms with Gasteiger partial charge in [-0.05, 0) is 43.7 Å². The van der Waals surface area contributed by atoms with Crippen LogP contribution in [0.25, 0.3) is 0 Å². The molecule has 1 aromatic heterocycles. The lowest BCUT2D eigenvalue weighted by atomic mass is 10.1. The molecule has 0 saturated heterocycles. The molecule has 5 nitrogen and oxygen atoms in total. The van der Waals surface area contributed by atoms with Gasteiger partial charge in [0.05, 0.1) is 12.2 Å². The zero-order chi connectivity index (χ0) is 14.5.